The molecule has 2 nitrogen and oxygen atoms in total. The highest BCUT2D eigenvalue weighted by Crippen LogP contribution is 2.41. The Hall–Kier alpha value is -3.34. The Morgan fingerprint density at radius 3 is 1.80 bits per heavy atom. The minimum Gasteiger partial charge on any atom is -0.456 e. The van der Waals surface area contributed by atoms with Crippen molar-refractivity contribution in [2.45, 2.75) is 90.9 Å². The standard InChI is InChI=1S/C40H42O2S2/c1-3-5-7-9-10-11-13-27-15-18-30-32-25-37-33(26-36(32)41-34(30)23-27)31-19-16-28(24-35(31)42-37)38-21-22-40(44-38)39-20-17-29(43-39)14-12-8-6-4-2/h15-26H,3-14H2,1-2H3. The second-order valence-corrected chi connectivity index (χ2v) is 14.6. The molecule has 0 N–H and O–H groups in total. The van der Waals surface area contributed by atoms with Gasteiger partial charge in [0.25, 0.3) is 0 Å². The molecular weight excluding hydrogens is 577 g/mol. The number of aryl methyl sites for hydroxylation is 2. The summed E-state index contributed by atoms with van der Waals surface area (Å²) in [6, 6.07) is 26.9. The van der Waals surface area contributed by atoms with Gasteiger partial charge in [-0.15, -0.1) is 22.7 Å². The molecule has 0 aliphatic heterocycles. The third-order valence-corrected chi connectivity index (χ3v) is 11.5. The first kappa shape index (κ1) is 29.4. The molecule has 0 amide bonds. The quantitative estimate of drug-likeness (QED) is 0.113. The number of thiophene rings is 2. The maximum absolute atomic E-state index is 6.47. The van der Waals surface area contributed by atoms with Crippen LogP contribution in [0.25, 0.3) is 64.1 Å². The predicted molar refractivity (Wildman–Crippen MR) is 193 cm³/mol. The summed E-state index contributed by atoms with van der Waals surface area (Å²) in [7, 11) is 0. The normalized spacial score (nSPS) is 12.0. The minimum atomic E-state index is 0.917. The molecule has 0 atom stereocenters. The number of hydrogen-bond acceptors (Lipinski definition) is 4. The van der Waals surface area contributed by atoms with Crippen LogP contribution in [0.3, 0.4) is 0 Å². The van der Waals surface area contributed by atoms with Crippen LogP contribution in [0, 0.1) is 0 Å². The Kier molecular flexibility index (Phi) is 8.91. The van der Waals surface area contributed by atoms with Gasteiger partial charge in [0, 0.05) is 41.1 Å². The third-order valence-electron chi connectivity index (χ3n) is 9.02. The van der Waals surface area contributed by atoms with Gasteiger partial charge in [0.05, 0.1) is 0 Å². The van der Waals surface area contributed by atoms with Crippen LogP contribution in [0.5, 0.6) is 0 Å². The molecule has 0 fully saturated rings. The van der Waals surface area contributed by atoms with Gasteiger partial charge >= 0.3 is 0 Å². The molecule has 3 aromatic carbocycles. The van der Waals surface area contributed by atoms with Crippen LogP contribution in [-0.2, 0) is 12.8 Å². The fraction of sp³-hybridized carbons (Fsp3) is 0.350. The van der Waals surface area contributed by atoms with E-state index < -0.39 is 0 Å². The Morgan fingerprint density at radius 1 is 0.455 bits per heavy atom. The van der Waals surface area contributed by atoms with Crippen LogP contribution >= 0.6 is 22.7 Å². The Labute approximate surface area is 268 Å². The van der Waals surface area contributed by atoms with Gasteiger partial charge in [-0.05, 0) is 91.4 Å². The van der Waals surface area contributed by atoms with Gasteiger partial charge in [-0.3, -0.25) is 0 Å². The number of hydrogen-bond donors (Lipinski definition) is 0. The molecule has 0 saturated heterocycles. The van der Waals surface area contributed by atoms with E-state index in [9.17, 15) is 0 Å². The fourth-order valence-electron chi connectivity index (χ4n) is 6.50. The summed E-state index contributed by atoms with van der Waals surface area (Å²) in [5, 5.41) is 4.54. The monoisotopic (exact) mass is 618 g/mol. The van der Waals surface area contributed by atoms with Crippen molar-refractivity contribution in [3.05, 3.63) is 83.2 Å². The molecule has 0 unspecified atom stereocenters. The fourth-order valence-corrected chi connectivity index (χ4v) is 8.65. The number of benzene rings is 3. The van der Waals surface area contributed by atoms with E-state index in [-0.39, 0.29) is 0 Å². The molecule has 44 heavy (non-hydrogen) atoms. The van der Waals surface area contributed by atoms with E-state index in [4.69, 9.17) is 8.83 Å². The molecule has 7 aromatic rings. The third kappa shape index (κ3) is 6.12. The van der Waals surface area contributed by atoms with Crippen LogP contribution < -0.4 is 0 Å². The van der Waals surface area contributed by atoms with Crippen molar-refractivity contribution in [3.8, 4) is 20.2 Å². The molecule has 0 spiro atoms. The lowest BCUT2D eigenvalue weighted by Gasteiger charge is -2.02. The smallest absolute Gasteiger partial charge is 0.136 e. The molecule has 7 rings (SSSR count). The van der Waals surface area contributed by atoms with Crippen molar-refractivity contribution < 1.29 is 8.83 Å². The van der Waals surface area contributed by atoms with E-state index in [1.807, 2.05) is 22.7 Å². The zero-order valence-electron chi connectivity index (χ0n) is 26.0. The molecule has 0 aliphatic carbocycles. The van der Waals surface area contributed by atoms with Crippen molar-refractivity contribution in [1.29, 1.82) is 0 Å². The summed E-state index contributed by atoms with van der Waals surface area (Å²) in [4.78, 5) is 5.50. The van der Waals surface area contributed by atoms with Gasteiger partial charge < -0.3 is 8.83 Å². The Bertz CT molecular complexity index is 2010. The summed E-state index contributed by atoms with van der Waals surface area (Å²) in [5.74, 6) is 0. The Morgan fingerprint density at radius 2 is 1.02 bits per heavy atom. The average Bonchev–Trinajstić information content (AvgIpc) is 3.84. The summed E-state index contributed by atoms with van der Waals surface area (Å²) < 4.78 is 12.9. The second-order valence-electron chi connectivity index (χ2n) is 12.3. The number of furan rings is 2. The maximum Gasteiger partial charge on any atom is 0.136 e. The summed E-state index contributed by atoms with van der Waals surface area (Å²) in [6.07, 6.45) is 15.5. The molecular formula is C40H42O2S2. The maximum atomic E-state index is 6.47. The molecule has 0 radical (unpaired) electrons. The lowest BCUT2D eigenvalue weighted by molar-refractivity contribution is 0.607. The van der Waals surface area contributed by atoms with E-state index in [1.165, 1.54) is 107 Å². The lowest BCUT2D eigenvalue weighted by atomic mass is 10.0. The van der Waals surface area contributed by atoms with Crippen LogP contribution in [-0.4, -0.2) is 0 Å². The van der Waals surface area contributed by atoms with E-state index in [0.29, 0.717) is 0 Å². The van der Waals surface area contributed by atoms with E-state index in [2.05, 4.69) is 86.6 Å². The summed E-state index contributed by atoms with van der Waals surface area (Å²) in [5.41, 5.74) is 6.32. The van der Waals surface area contributed by atoms with E-state index in [1.54, 1.807) is 0 Å². The van der Waals surface area contributed by atoms with Crippen LogP contribution in [0.2, 0.25) is 0 Å². The summed E-state index contributed by atoms with van der Waals surface area (Å²) in [6.45, 7) is 4.55. The predicted octanol–water partition coefficient (Wildman–Crippen LogP) is 14.0. The topological polar surface area (TPSA) is 26.3 Å². The van der Waals surface area contributed by atoms with Crippen molar-refractivity contribution in [3.63, 3.8) is 0 Å². The summed E-state index contributed by atoms with van der Waals surface area (Å²) >= 11 is 3.82. The molecule has 0 bridgehead atoms. The number of rotatable bonds is 14. The Balaban J connectivity index is 1.10. The minimum absolute atomic E-state index is 0.917. The molecule has 226 valence electrons. The SMILES string of the molecule is CCCCCCCCc1ccc2c(c1)oc1cc3c(cc12)oc1cc(-c2ccc(-c4ccc(CCCCCC)s4)s2)ccc13. The van der Waals surface area contributed by atoms with Gasteiger partial charge in [-0.2, -0.15) is 0 Å². The van der Waals surface area contributed by atoms with Crippen molar-refractivity contribution >= 4 is 66.6 Å². The van der Waals surface area contributed by atoms with Crippen molar-refractivity contribution in [2.24, 2.45) is 0 Å². The van der Waals surface area contributed by atoms with Crippen LogP contribution in [0.15, 0.2) is 81.6 Å². The van der Waals surface area contributed by atoms with Gasteiger partial charge in [-0.25, -0.2) is 0 Å². The van der Waals surface area contributed by atoms with Gasteiger partial charge in [0.1, 0.15) is 22.3 Å². The highest BCUT2D eigenvalue weighted by Gasteiger charge is 2.15. The zero-order valence-corrected chi connectivity index (χ0v) is 27.7. The number of unbranched alkanes of at least 4 members (excludes halogenated alkanes) is 8. The zero-order chi connectivity index (χ0) is 29.9. The van der Waals surface area contributed by atoms with Gasteiger partial charge in [0.2, 0.25) is 0 Å². The van der Waals surface area contributed by atoms with Gasteiger partial charge in [0.15, 0.2) is 0 Å². The first-order valence-electron chi connectivity index (χ1n) is 16.7. The number of fused-ring (bicyclic) bond motifs is 6. The first-order valence-corrected chi connectivity index (χ1v) is 18.3. The van der Waals surface area contributed by atoms with Crippen molar-refractivity contribution in [2.75, 3.05) is 0 Å². The van der Waals surface area contributed by atoms with Gasteiger partial charge in [-0.1, -0.05) is 83.4 Å². The molecule has 4 heteroatoms. The molecule has 0 saturated carbocycles. The largest absolute Gasteiger partial charge is 0.456 e. The molecule has 4 aromatic heterocycles. The highest BCUT2D eigenvalue weighted by atomic mass is 32.1. The van der Waals surface area contributed by atoms with Crippen LogP contribution in [0.4, 0.5) is 0 Å². The lowest BCUT2D eigenvalue weighted by Crippen LogP contribution is -1.86. The van der Waals surface area contributed by atoms with E-state index >= 15 is 0 Å². The van der Waals surface area contributed by atoms with Crippen LogP contribution in [0.1, 0.15) is 88.5 Å². The average molecular weight is 619 g/mol. The van der Waals surface area contributed by atoms with Crippen molar-refractivity contribution in [1.82, 2.24) is 0 Å². The highest BCUT2D eigenvalue weighted by molar-refractivity contribution is 7.23. The first-order chi connectivity index (χ1) is 21.7. The second kappa shape index (κ2) is 13.3. The molecule has 0 aliphatic rings. The van der Waals surface area contributed by atoms with E-state index in [0.717, 1.165) is 44.9 Å². The molecule has 4 heterocycles.